The van der Waals surface area contributed by atoms with E-state index in [0.29, 0.717) is 29.7 Å². The van der Waals surface area contributed by atoms with E-state index in [9.17, 15) is 4.39 Å². The van der Waals surface area contributed by atoms with Gasteiger partial charge < -0.3 is 20.4 Å². The van der Waals surface area contributed by atoms with Crippen LogP contribution in [-0.4, -0.2) is 44.1 Å². The minimum absolute atomic E-state index is 0.200. The highest BCUT2D eigenvalue weighted by molar-refractivity contribution is 6.12. The molecule has 4 heterocycles. The van der Waals surface area contributed by atoms with Crippen LogP contribution in [0.15, 0.2) is 30.9 Å². The van der Waals surface area contributed by atoms with Gasteiger partial charge in [0, 0.05) is 24.5 Å². The first kappa shape index (κ1) is 18.4. The molecular weight excluding hydrogens is 397 g/mol. The lowest BCUT2D eigenvalue weighted by Gasteiger charge is -2.36. The molecular formula is C22H22FN7O. The van der Waals surface area contributed by atoms with E-state index in [1.807, 2.05) is 6.92 Å². The Morgan fingerprint density at radius 3 is 2.81 bits per heavy atom. The summed E-state index contributed by atoms with van der Waals surface area (Å²) >= 11 is 0. The number of aromatic nitrogens is 5. The SMILES string of the molecule is CCc1cc(F)cc2c1[nH]c1nc(Oc3cncnc3)nc(N3CC4CC(N)C4C3)c12. The summed E-state index contributed by atoms with van der Waals surface area (Å²) < 4.78 is 20.3. The number of rotatable bonds is 4. The van der Waals surface area contributed by atoms with Crippen LogP contribution in [0.5, 0.6) is 11.8 Å². The number of halogens is 1. The van der Waals surface area contributed by atoms with Gasteiger partial charge in [0.1, 0.15) is 23.6 Å². The van der Waals surface area contributed by atoms with Crippen LogP contribution < -0.4 is 15.4 Å². The van der Waals surface area contributed by atoms with Crippen molar-refractivity contribution >= 4 is 27.8 Å². The number of nitrogens with two attached hydrogens (primary N) is 1. The highest BCUT2D eigenvalue weighted by Crippen LogP contribution is 2.44. The molecule has 4 aromatic rings. The molecule has 0 radical (unpaired) electrons. The lowest BCUT2D eigenvalue weighted by Crippen LogP contribution is -2.46. The molecule has 1 saturated heterocycles. The number of fused-ring (bicyclic) bond motifs is 4. The van der Waals surface area contributed by atoms with Gasteiger partial charge in [-0.1, -0.05) is 6.92 Å². The molecule has 8 nitrogen and oxygen atoms in total. The average Bonchev–Trinajstić information content (AvgIpc) is 3.31. The van der Waals surface area contributed by atoms with Crippen LogP contribution in [0.25, 0.3) is 21.9 Å². The van der Waals surface area contributed by atoms with Gasteiger partial charge >= 0.3 is 6.01 Å². The summed E-state index contributed by atoms with van der Waals surface area (Å²) in [5.74, 6) is 1.97. The van der Waals surface area contributed by atoms with Crippen LogP contribution in [-0.2, 0) is 6.42 Å². The number of benzene rings is 1. The fourth-order valence-electron chi connectivity index (χ4n) is 5.02. The maximum atomic E-state index is 14.4. The largest absolute Gasteiger partial charge is 0.421 e. The molecule has 1 aliphatic carbocycles. The Bertz CT molecular complexity index is 1290. The van der Waals surface area contributed by atoms with Crippen LogP contribution in [0.2, 0.25) is 0 Å². The molecule has 31 heavy (non-hydrogen) atoms. The van der Waals surface area contributed by atoms with Crippen molar-refractivity contribution in [3.8, 4) is 11.8 Å². The molecule has 2 aliphatic rings. The topological polar surface area (TPSA) is 106 Å². The van der Waals surface area contributed by atoms with Crippen LogP contribution in [0, 0.1) is 17.7 Å². The van der Waals surface area contributed by atoms with Crippen LogP contribution in [0.3, 0.4) is 0 Å². The Balaban J connectivity index is 1.55. The van der Waals surface area contributed by atoms with Gasteiger partial charge in [0.15, 0.2) is 5.75 Å². The zero-order valence-corrected chi connectivity index (χ0v) is 17.0. The molecule has 9 heteroatoms. The van der Waals surface area contributed by atoms with Gasteiger partial charge in [-0.15, -0.1) is 0 Å². The molecule has 1 aliphatic heterocycles. The van der Waals surface area contributed by atoms with E-state index in [0.717, 1.165) is 47.2 Å². The third kappa shape index (κ3) is 2.91. The fraction of sp³-hybridized carbons (Fsp3) is 0.364. The molecule has 2 fully saturated rings. The minimum Gasteiger partial charge on any atom is -0.421 e. The number of nitrogens with zero attached hydrogens (tertiary/aromatic N) is 5. The highest BCUT2D eigenvalue weighted by Gasteiger charge is 2.46. The summed E-state index contributed by atoms with van der Waals surface area (Å²) in [5.41, 5.74) is 8.63. The van der Waals surface area contributed by atoms with Gasteiger partial charge in [0.05, 0.1) is 23.3 Å². The van der Waals surface area contributed by atoms with E-state index in [2.05, 4.69) is 24.8 Å². The maximum absolute atomic E-state index is 14.4. The number of nitrogens with one attached hydrogen (secondary N) is 1. The molecule has 3 atom stereocenters. The first-order valence-electron chi connectivity index (χ1n) is 10.6. The molecule has 3 N–H and O–H groups in total. The summed E-state index contributed by atoms with van der Waals surface area (Å²) in [6, 6.07) is 3.56. The zero-order valence-electron chi connectivity index (χ0n) is 17.0. The summed E-state index contributed by atoms with van der Waals surface area (Å²) in [5, 5.41) is 1.61. The van der Waals surface area contributed by atoms with Crippen LogP contribution >= 0.6 is 0 Å². The second-order valence-electron chi connectivity index (χ2n) is 8.42. The fourth-order valence-corrected chi connectivity index (χ4v) is 5.02. The van der Waals surface area contributed by atoms with Crippen molar-refractivity contribution in [2.75, 3.05) is 18.0 Å². The van der Waals surface area contributed by atoms with E-state index >= 15 is 0 Å². The van der Waals surface area contributed by atoms with Crippen molar-refractivity contribution in [3.05, 3.63) is 42.2 Å². The lowest BCUT2D eigenvalue weighted by atomic mass is 9.72. The third-order valence-electron chi connectivity index (χ3n) is 6.61. The molecule has 6 rings (SSSR count). The Morgan fingerprint density at radius 2 is 2.06 bits per heavy atom. The smallest absolute Gasteiger partial charge is 0.326 e. The van der Waals surface area contributed by atoms with Crippen LogP contribution in [0.4, 0.5) is 10.2 Å². The van der Waals surface area contributed by atoms with Crippen molar-refractivity contribution in [1.29, 1.82) is 0 Å². The predicted molar refractivity (Wildman–Crippen MR) is 115 cm³/mol. The summed E-state index contributed by atoms with van der Waals surface area (Å²) in [7, 11) is 0. The quantitative estimate of drug-likeness (QED) is 0.523. The molecule has 1 saturated carbocycles. The van der Waals surface area contributed by atoms with Gasteiger partial charge in [0.2, 0.25) is 0 Å². The highest BCUT2D eigenvalue weighted by atomic mass is 19.1. The second-order valence-corrected chi connectivity index (χ2v) is 8.42. The van der Waals surface area contributed by atoms with E-state index < -0.39 is 0 Å². The van der Waals surface area contributed by atoms with E-state index in [4.69, 9.17) is 15.5 Å². The number of hydrogen-bond acceptors (Lipinski definition) is 7. The number of anilines is 1. The Hall–Kier alpha value is -3.33. The van der Waals surface area contributed by atoms with E-state index in [1.165, 1.54) is 6.33 Å². The molecule has 3 aromatic heterocycles. The van der Waals surface area contributed by atoms with Crippen molar-refractivity contribution < 1.29 is 9.13 Å². The van der Waals surface area contributed by atoms with Crippen molar-refractivity contribution in [1.82, 2.24) is 24.9 Å². The summed E-state index contributed by atoms with van der Waals surface area (Å²) in [6.07, 6.45) is 6.29. The van der Waals surface area contributed by atoms with Crippen molar-refractivity contribution in [2.24, 2.45) is 17.6 Å². The van der Waals surface area contributed by atoms with Crippen molar-refractivity contribution in [2.45, 2.75) is 25.8 Å². The minimum atomic E-state index is -0.263. The molecule has 0 amide bonds. The normalized spacial score (nSPS) is 22.7. The first-order valence-corrected chi connectivity index (χ1v) is 10.6. The summed E-state index contributed by atoms with van der Waals surface area (Å²) in [4.78, 5) is 22.9. The molecule has 158 valence electrons. The molecule has 0 spiro atoms. The van der Waals surface area contributed by atoms with E-state index in [-0.39, 0.29) is 17.9 Å². The van der Waals surface area contributed by atoms with Crippen molar-refractivity contribution in [3.63, 3.8) is 0 Å². The number of hydrogen-bond donors (Lipinski definition) is 2. The predicted octanol–water partition coefficient (Wildman–Crippen LogP) is 3.18. The number of ether oxygens (including phenoxy) is 1. The lowest BCUT2D eigenvalue weighted by molar-refractivity contribution is 0.194. The number of H-pyrrole nitrogens is 1. The third-order valence-corrected chi connectivity index (χ3v) is 6.61. The van der Waals surface area contributed by atoms with Gasteiger partial charge in [0.25, 0.3) is 0 Å². The standard InChI is InChI=1S/C22H22FN7O/c1-2-11-3-13(23)5-15-18-20(27-19(11)15)28-22(31-14-6-25-10-26-7-14)29-21(18)30-8-12-4-17(24)16(12)9-30/h3,5-7,10,12,16-17H,2,4,8-9,24H2,1H3,(H,27,28,29). The Kier molecular flexibility index (Phi) is 4.07. The monoisotopic (exact) mass is 419 g/mol. The number of aromatic amines is 1. The molecule has 3 unspecified atom stereocenters. The zero-order chi connectivity index (χ0) is 21.1. The maximum Gasteiger partial charge on any atom is 0.326 e. The summed E-state index contributed by atoms with van der Waals surface area (Å²) in [6.45, 7) is 3.71. The second kappa shape index (κ2) is 6.84. The average molecular weight is 419 g/mol. The molecule has 1 aromatic carbocycles. The van der Waals surface area contributed by atoms with Gasteiger partial charge in [-0.25, -0.2) is 14.4 Å². The van der Waals surface area contributed by atoms with Gasteiger partial charge in [-0.05, 0) is 42.4 Å². The first-order chi connectivity index (χ1) is 15.1. The van der Waals surface area contributed by atoms with E-state index in [1.54, 1.807) is 24.5 Å². The Morgan fingerprint density at radius 1 is 1.23 bits per heavy atom. The Labute approximate surface area is 177 Å². The van der Waals surface area contributed by atoms with Gasteiger partial charge in [-0.3, -0.25) is 0 Å². The van der Waals surface area contributed by atoms with Gasteiger partial charge in [-0.2, -0.15) is 9.97 Å². The number of aryl methyl sites for hydroxylation is 1. The van der Waals surface area contributed by atoms with Crippen LogP contribution in [0.1, 0.15) is 18.9 Å². The molecule has 0 bridgehead atoms.